The van der Waals surface area contributed by atoms with Gasteiger partial charge in [-0.25, -0.2) is 0 Å². The molecular formula is C19H20O8. The molecule has 1 heterocycles. The Morgan fingerprint density at radius 2 is 1.56 bits per heavy atom. The third-order valence-electron chi connectivity index (χ3n) is 3.24. The van der Waals surface area contributed by atoms with Crippen LogP contribution in [0.4, 0.5) is 0 Å². The Balaban J connectivity index is 2.64. The van der Waals surface area contributed by atoms with Gasteiger partial charge in [0, 0.05) is 0 Å². The van der Waals surface area contributed by atoms with Crippen LogP contribution in [-0.4, -0.2) is 87.3 Å². The lowest BCUT2D eigenvalue weighted by Gasteiger charge is -2.40. The van der Waals surface area contributed by atoms with Crippen molar-refractivity contribution in [1.29, 1.82) is 0 Å². The van der Waals surface area contributed by atoms with Gasteiger partial charge in [-0.1, -0.05) is 17.9 Å². The zero-order valence-electron chi connectivity index (χ0n) is 14.2. The highest BCUT2D eigenvalue weighted by atomic mass is 16.7. The number of hydrogen-bond acceptors (Lipinski definition) is 8. The predicted molar refractivity (Wildman–Crippen MR) is 93.1 cm³/mol. The molecule has 0 unspecified atom stereocenters. The highest BCUT2D eigenvalue weighted by molar-refractivity contribution is 5.41. The third-order valence-corrected chi connectivity index (χ3v) is 3.24. The topological polar surface area (TPSA) is 140 Å². The summed E-state index contributed by atoms with van der Waals surface area (Å²) in [7, 11) is 0. The van der Waals surface area contributed by atoms with E-state index in [-0.39, 0.29) is 6.61 Å². The molecule has 0 radical (unpaired) electrons. The number of aliphatic hydroxyl groups is 6. The van der Waals surface area contributed by atoms with Gasteiger partial charge >= 0.3 is 0 Å². The lowest BCUT2D eigenvalue weighted by atomic mass is 9.99. The highest BCUT2D eigenvalue weighted by Gasteiger charge is 2.44. The van der Waals surface area contributed by atoms with Gasteiger partial charge in [-0.3, -0.25) is 0 Å². The molecule has 0 aromatic rings. The van der Waals surface area contributed by atoms with Crippen LogP contribution < -0.4 is 0 Å². The molecule has 1 rings (SSSR count). The van der Waals surface area contributed by atoms with E-state index in [4.69, 9.17) is 19.7 Å². The summed E-state index contributed by atoms with van der Waals surface area (Å²) >= 11 is 0. The average molecular weight is 376 g/mol. The minimum Gasteiger partial charge on any atom is -0.394 e. The van der Waals surface area contributed by atoms with Crippen LogP contribution in [0.3, 0.4) is 0 Å². The Kier molecular flexibility index (Phi) is 10.9. The maximum absolute atomic E-state index is 9.86. The molecule has 6 N–H and O–H groups in total. The highest BCUT2D eigenvalue weighted by Crippen LogP contribution is 2.22. The third kappa shape index (κ3) is 7.83. The fraction of sp³-hybridized carbons (Fsp3) is 0.474. The second kappa shape index (κ2) is 12.9. The van der Waals surface area contributed by atoms with Crippen molar-refractivity contribution in [3.8, 4) is 47.4 Å². The van der Waals surface area contributed by atoms with Gasteiger partial charge in [0.2, 0.25) is 0 Å². The molecule has 1 aliphatic rings. The largest absolute Gasteiger partial charge is 0.394 e. The van der Waals surface area contributed by atoms with E-state index < -0.39 is 50.0 Å². The minimum absolute atomic E-state index is 0.102. The quantitative estimate of drug-likeness (QED) is 0.275. The fourth-order valence-corrected chi connectivity index (χ4v) is 1.90. The standard InChI is InChI=1S/C19H20O8/c20-11-9-7-5-3-1-2-4-6-8-10-14(12-21)26-19-18(25)17(24)16(23)15(13-22)27-19/h7,9,14-25H,11-13H2/b9-7+/t14-,15+,16+,17-,18+,19+/m0/s1. The first-order valence-corrected chi connectivity index (χ1v) is 7.88. The number of rotatable bonds is 5. The van der Waals surface area contributed by atoms with E-state index in [2.05, 4.69) is 47.4 Å². The number of aliphatic hydroxyl groups excluding tert-OH is 6. The summed E-state index contributed by atoms with van der Waals surface area (Å²) in [6.45, 7) is -1.24. The van der Waals surface area contributed by atoms with Gasteiger partial charge in [0.05, 0.1) is 19.8 Å². The van der Waals surface area contributed by atoms with Crippen molar-refractivity contribution in [2.24, 2.45) is 0 Å². The Labute approximate surface area is 157 Å². The second-order valence-electron chi connectivity index (χ2n) is 5.13. The Hall–Kier alpha value is -2.34. The van der Waals surface area contributed by atoms with Crippen LogP contribution in [0.25, 0.3) is 0 Å². The Morgan fingerprint density at radius 1 is 0.889 bits per heavy atom. The smallest absolute Gasteiger partial charge is 0.188 e. The number of allylic oxidation sites excluding steroid dienone is 1. The molecule has 0 amide bonds. The summed E-state index contributed by atoms with van der Waals surface area (Å²) < 4.78 is 10.4. The molecule has 0 aromatic carbocycles. The van der Waals surface area contributed by atoms with Crippen LogP contribution in [0.5, 0.6) is 0 Å². The summed E-state index contributed by atoms with van der Waals surface area (Å²) in [5.41, 5.74) is 0. The monoisotopic (exact) mass is 376 g/mol. The molecule has 8 nitrogen and oxygen atoms in total. The summed E-state index contributed by atoms with van der Waals surface area (Å²) in [6.07, 6.45) is -5.38. The molecule has 0 bridgehead atoms. The van der Waals surface area contributed by atoms with E-state index in [9.17, 15) is 20.4 Å². The molecule has 1 aliphatic heterocycles. The lowest BCUT2D eigenvalue weighted by molar-refractivity contribution is -0.308. The molecule has 144 valence electrons. The first-order chi connectivity index (χ1) is 13.0. The van der Waals surface area contributed by atoms with Crippen LogP contribution in [0.2, 0.25) is 0 Å². The van der Waals surface area contributed by atoms with Crippen molar-refractivity contribution in [3.05, 3.63) is 12.2 Å². The van der Waals surface area contributed by atoms with Gasteiger partial charge in [-0.2, -0.15) is 0 Å². The zero-order chi connectivity index (χ0) is 20.1. The van der Waals surface area contributed by atoms with Crippen LogP contribution in [0.1, 0.15) is 0 Å². The van der Waals surface area contributed by atoms with Gasteiger partial charge in [-0.05, 0) is 41.6 Å². The molecule has 0 aliphatic carbocycles. The van der Waals surface area contributed by atoms with Crippen molar-refractivity contribution >= 4 is 0 Å². The Morgan fingerprint density at radius 3 is 2.19 bits per heavy atom. The van der Waals surface area contributed by atoms with E-state index in [0.717, 1.165) is 0 Å². The van der Waals surface area contributed by atoms with E-state index in [0.29, 0.717) is 0 Å². The van der Waals surface area contributed by atoms with E-state index >= 15 is 0 Å². The summed E-state index contributed by atoms with van der Waals surface area (Å²) in [5.74, 6) is 19.6. The molecule has 0 aromatic heterocycles. The first-order valence-electron chi connectivity index (χ1n) is 7.88. The zero-order valence-corrected chi connectivity index (χ0v) is 14.2. The van der Waals surface area contributed by atoms with Crippen LogP contribution in [0, 0.1) is 47.4 Å². The first kappa shape index (κ1) is 22.7. The molecule has 0 saturated carbocycles. The van der Waals surface area contributed by atoms with Gasteiger partial charge < -0.3 is 40.1 Å². The normalized spacial score (nSPS) is 27.7. The second-order valence-corrected chi connectivity index (χ2v) is 5.13. The van der Waals surface area contributed by atoms with Crippen molar-refractivity contribution in [2.75, 3.05) is 19.8 Å². The lowest BCUT2D eigenvalue weighted by Crippen LogP contribution is -2.59. The van der Waals surface area contributed by atoms with Crippen molar-refractivity contribution in [2.45, 2.75) is 36.8 Å². The van der Waals surface area contributed by atoms with Gasteiger partial charge in [0.25, 0.3) is 0 Å². The molecule has 6 atom stereocenters. The molecule has 0 spiro atoms. The molecule has 1 saturated heterocycles. The van der Waals surface area contributed by atoms with Gasteiger partial charge in [-0.15, -0.1) is 0 Å². The predicted octanol–water partition coefficient (Wildman–Crippen LogP) is -3.27. The van der Waals surface area contributed by atoms with Crippen LogP contribution in [0.15, 0.2) is 12.2 Å². The summed E-state index contributed by atoms with van der Waals surface area (Å²) in [6, 6.07) is 0. The number of hydrogen-bond donors (Lipinski definition) is 6. The van der Waals surface area contributed by atoms with E-state index in [1.807, 2.05) is 0 Å². The Bertz CT molecular complexity index is 729. The van der Waals surface area contributed by atoms with Crippen LogP contribution >= 0.6 is 0 Å². The minimum atomic E-state index is -1.59. The summed E-state index contributed by atoms with van der Waals surface area (Å²) in [5, 5.41) is 56.1. The van der Waals surface area contributed by atoms with Crippen molar-refractivity contribution in [1.82, 2.24) is 0 Å². The van der Waals surface area contributed by atoms with Crippen molar-refractivity contribution in [3.63, 3.8) is 0 Å². The van der Waals surface area contributed by atoms with Gasteiger partial charge in [0.1, 0.15) is 30.5 Å². The fourth-order valence-electron chi connectivity index (χ4n) is 1.90. The average Bonchev–Trinajstić information content (AvgIpc) is 2.68. The number of ether oxygens (including phenoxy) is 2. The van der Waals surface area contributed by atoms with Gasteiger partial charge in [0.15, 0.2) is 6.29 Å². The van der Waals surface area contributed by atoms with E-state index in [1.165, 1.54) is 12.2 Å². The molecular weight excluding hydrogens is 356 g/mol. The van der Waals surface area contributed by atoms with Crippen molar-refractivity contribution < 1.29 is 40.1 Å². The summed E-state index contributed by atoms with van der Waals surface area (Å²) in [4.78, 5) is 0. The van der Waals surface area contributed by atoms with E-state index in [1.54, 1.807) is 0 Å². The SMILES string of the molecule is OC/C=C/C#CC#CC#CC#C[C@@H](CO)O[C@@H]1O[C@H](CO)[C@@H](O)[C@H](O)[C@H]1O. The molecule has 1 fully saturated rings. The molecule has 8 heteroatoms. The molecule has 27 heavy (non-hydrogen) atoms. The van der Waals surface area contributed by atoms with Crippen LogP contribution in [-0.2, 0) is 9.47 Å². The maximum Gasteiger partial charge on any atom is 0.188 e. The maximum atomic E-state index is 9.86.